The summed E-state index contributed by atoms with van der Waals surface area (Å²) in [4.78, 5) is 16.6. The number of nitrogens with one attached hydrogen (secondary N) is 2. The fraction of sp³-hybridized carbons (Fsp3) is 0.857. The molecule has 10 heteroatoms. The van der Waals surface area contributed by atoms with Crippen LogP contribution in [0, 0.1) is 11.8 Å². The maximum Gasteiger partial charge on any atom is 0.226 e. The lowest BCUT2D eigenvalue weighted by Crippen LogP contribution is -2.47. The first-order chi connectivity index (χ1) is 18.7. The van der Waals surface area contributed by atoms with E-state index >= 15 is 0 Å². The van der Waals surface area contributed by atoms with E-state index in [-0.39, 0.29) is 6.61 Å². The van der Waals surface area contributed by atoms with Gasteiger partial charge in [0.05, 0.1) is 19.8 Å². The third kappa shape index (κ3) is 10.1. The molecule has 1 aliphatic carbocycles. The van der Waals surface area contributed by atoms with E-state index in [9.17, 15) is 0 Å². The molecule has 4 rings (SSSR count). The first-order valence-corrected chi connectivity index (χ1v) is 15.2. The summed E-state index contributed by atoms with van der Waals surface area (Å²) < 4.78 is 5.40. The van der Waals surface area contributed by atoms with Crippen LogP contribution in [0.15, 0.2) is 6.07 Å². The molecule has 1 aromatic heterocycles. The van der Waals surface area contributed by atoms with Crippen molar-refractivity contribution < 1.29 is 9.84 Å². The van der Waals surface area contributed by atoms with Gasteiger partial charge in [0, 0.05) is 45.3 Å². The Hall–Kier alpha value is -1.72. The van der Waals surface area contributed by atoms with Gasteiger partial charge in [0.1, 0.15) is 11.6 Å². The number of rotatable bonds is 15. The number of likely N-dealkylation sites (tertiary alicyclic amines) is 1. The molecule has 216 valence electrons. The zero-order chi connectivity index (χ0) is 26.4. The summed E-state index contributed by atoms with van der Waals surface area (Å²) in [5.74, 6) is 3.57. The van der Waals surface area contributed by atoms with Crippen molar-refractivity contribution in [2.45, 2.75) is 51.4 Å². The summed E-state index contributed by atoms with van der Waals surface area (Å²) in [6, 6.07) is 1.88. The second kappa shape index (κ2) is 16.4. The van der Waals surface area contributed by atoms with Gasteiger partial charge in [-0.15, -0.1) is 0 Å². The highest BCUT2D eigenvalue weighted by atomic mass is 16.5. The number of anilines is 3. The van der Waals surface area contributed by atoms with Crippen LogP contribution in [0.25, 0.3) is 0 Å². The van der Waals surface area contributed by atoms with Gasteiger partial charge in [-0.2, -0.15) is 9.97 Å². The van der Waals surface area contributed by atoms with Gasteiger partial charge in [-0.1, -0.05) is 6.42 Å². The number of aliphatic hydroxyl groups is 1. The summed E-state index contributed by atoms with van der Waals surface area (Å²) in [5.41, 5.74) is 6.15. The third-order valence-corrected chi connectivity index (χ3v) is 8.44. The smallest absolute Gasteiger partial charge is 0.226 e. The van der Waals surface area contributed by atoms with Gasteiger partial charge in [-0.25, -0.2) is 0 Å². The minimum atomic E-state index is 0.0805. The third-order valence-electron chi connectivity index (χ3n) is 8.44. The van der Waals surface area contributed by atoms with Gasteiger partial charge in [-0.3, -0.25) is 4.90 Å². The van der Waals surface area contributed by atoms with Gasteiger partial charge in [-0.05, 0) is 89.5 Å². The number of nitrogen functional groups attached to an aromatic ring is 1. The van der Waals surface area contributed by atoms with Gasteiger partial charge in [0.15, 0.2) is 0 Å². The molecule has 0 amide bonds. The van der Waals surface area contributed by atoms with Crippen LogP contribution in [0.5, 0.6) is 0 Å². The second-order valence-electron chi connectivity index (χ2n) is 11.4. The number of ether oxygens (including phenoxy) is 1. The van der Waals surface area contributed by atoms with E-state index in [0.717, 1.165) is 57.5 Å². The summed E-state index contributed by atoms with van der Waals surface area (Å²) in [5, 5.41) is 16.1. The minimum absolute atomic E-state index is 0.0805. The van der Waals surface area contributed by atoms with Gasteiger partial charge in [0.2, 0.25) is 5.95 Å². The standard InChI is InChI=1S/C28H52N8O2/c29-26-21-27(36-15-13-35(14-16-36)17-19-38-20-18-37)33-28(32-26)31-23-25-7-5-24(6-8-25)22-30-9-4-12-34-10-2-1-3-11-34/h21,24-25,30,37H,1-20,22-23H2,(H3,29,31,32,33). The number of piperazine rings is 1. The Balaban J connectivity index is 1.09. The van der Waals surface area contributed by atoms with E-state index in [1.54, 1.807) is 0 Å². The number of hydrogen-bond acceptors (Lipinski definition) is 10. The molecule has 0 radical (unpaired) electrons. The number of hydrogen-bond donors (Lipinski definition) is 4. The number of aliphatic hydroxyl groups excluding tert-OH is 1. The van der Waals surface area contributed by atoms with Crippen LogP contribution in [0.3, 0.4) is 0 Å². The lowest BCUT2D eigenvalue weighted by Gasteiger charge is -2.35. The molecular formula is C28H52N8O2. The van der Waals surface area contributed by atoms with Crippen molar-refractivity contribution in [2.24, 2.45) is 11.8 Å². The zero-order valence-electron chi connectivity index (χ0n) is 23.5. The van der Waals surface area contributed by atoms with Crippen molar-refractivity contribution in [3.8, 4) is 0 Å². The van der Waals surface area contributed by atoms with Crippen molar-refractivity contribution in [3.05, 3.63) is 6.07 Å². The van der Waals surface area contributed by atoms with Crippen molar-refractivity contribution in [1.29, 1.82) is 0 Å². The average Bonchev–Trinajstić information content (AvgIpc) is 2.95. The molecular weight excluding hydrogens is 480 g/mol. The predicted octanol–water partition coefficient (Wildman–Crippen LogP) is 1.87. The quantitative estimate of drug-likeness (QED) is 0.250. The lowest BCUT2D eigenvalue weighted by atomic mass is 9.82. The number of nitrogens with two attached hydrogens (primary N) is 1. The molecule has 38 heavy (non-hydrogen) atoms. The Morgan fingerprint density at radius 1 is 0.868 bits per heavy atom. The molecule has 3 fully saturated rings. The Labute approximate surface area is 229 Å². The molecule has 10 nitrogen and oxygen atoms in total. The maximum absolute atomic E-state index is 8.83. The van der Waals surface area contributed by atoms with Crippen LogP contribution < -0.4 is 21.3 Å². The van der Waals surface area contributed by atoms with E-state index < -0.39 is 0 Å². The first kappa shape index (κ1) is 29.3. The van der Waals surface area contributed by atoms with E-state index in [4.69, 9.17) is 20.6 Å². The minimum Gasteiger partial charge on any atom is -0.394 e. The highest BCUT2D eigenvalue weighted by Crippen LogP contribution is 2.29. The summed E-state index contributed by atoms with van der Waals surface area (Å²) in [6.07, 6.45) is 10.6. The van der Waals surface area contributed by atoms with Gasteiger partial charge < -0.3 is 36.0 Å². The van der Waals surface area contributed by atoms with E-state index in [2.05, 4.69) is 30.3 Å². The summed E-state index contributed by atoms with van der Waals surface area (Å²) >= 11 is 0. The second-order valence-corrected chi connectivity index (χ2v) is 11.4. The molecule has 5 N–H and O–H groups in total. The zero-order valence-corrected chi connectivity index (χ0v) is 23.5. The van der Waals surface area contributed by atoms with E-state index in [0.29, 0.717) is 30.9 Å². The van der Waals surface area contributed by atoms with E-state index in [1.807, 2.05) is 6.07 Å². The first-order valence-electron chi connectivity index (χ1n) is 15.2. The molecule has 3 aliphatic rings. The van der Waals surface area contributed by atoms with Crippen LogP contribution in [0.2, 0.25) is 0 Å². The largest absolute Gasteiger partial charge is 0.394 e. The molecule has 1 saturated carbocycles. The highest BCUT2D eigenvalue weighted by molar-refractivity contribution is 5.51. The number of aromatic nitrogens is 2. The van der Waals surface area contributed by atoms with Crippen molar-refractivity contribution in [2.75, 3.05) is 108 Å². The SMILES string of the molecule is Nc1cc(N2CCN(CCOCCO)CC2)nc(NCC2CCC(CNCCCN3CCCCC3)CC2)n1. The fourth-order valence-corrected chi connectivity index (χ4v) is 6.05. The van der Waals surface area contributed by atoms with Crippen molar-refractivity contribution in [3.63, 3.8) is 0 Å². The molecule has 1 aromatic rings. The average molecular weight is 533 g/mol. The molecule has 2 saturated heterocycles. The molecule has 0 bridgehead atoms. The van der Waals surface area contributed by atoms with Crippen LogP contribution in [-0.4, -0.2) is 117 Å². The summed E-state index contributed by atoms with van der Waals surface area (Å²) in [7, 11) is 0. The predicted molar refractivity (Wildman–Crippen MR) is 155 cm³/mol. The molecule has 0 unspecified atom stereocenters. The fourth-order valence-electron chi connectivity index (χ4n) is 6.05. The van der Waals surface area contributed by atoms with Crippen LogP contribution in [0.1, 0.15) is 51.4 Å². The number of nitrogens with zero attached hydrogens (tertiary/aromatic N) is 5. The van der Waals surface area contributed by atoms with Crippen LogP contribution >= 0.6 is 0 Å². The monoisotopic (exact) mass is 532 g/mol. The van der Waals surface area contributed by atoms with E-state index in [1.165, 1.54) is 77.5 Å². The van der Waals surface area contributed by atoms with Crippen LogP contribution in [0.4, 0.5) is 17.6 Å². The Kier molecular flexibility index (Phi) is 12.6. The normalized spacial score (nSPS) is 23.6. The topological polar surface area (TPSA) is 115 Å². The Bertz CT molecular complexity index is 778. The van der Waals surface area contributed by atoms with Gasteiger partial charge >= 0.3 is 0 Å². The molecule has 0 spiro atoms. The maximum atomic E-state index is 8.83. The molecule has 2 aliphatic heterocycles. The Morgan fingerprint density at radius 2 is 1.58 bits per heavy atom. The van der Waals surface area contributed by atoms with Crippen molar-refractivity contribution in [1.82, 2.24) is 25.1 Å². The van der Waals surface area contributed by atoms with Crippen molar-refractivity contribution >= 4 is 17.6 Å². The number of piperidine rings is 1. The molecule has 3 heterocycles. The highest BCUT2D eigenvalue weighted by Gasteiger charge is 2.22. The van der Waals surface area contributed by atoms with Crippen LogP contribution in [-0.2, 0) is 4.74 Å². The molecule has 0 aromatic carbocycles. The van der Waals surface area contributed by atoms with Gasteiger partial charge in [0.25, 0.3) is 0 Å². The lowest BCUT2D eigenvalue weighted by molar-refractivity contribution is 0.0724. The molecule has 0 atom stereocenters. The summed E-state index contributed by atoms with van der Waals surface area (Å²) in [6.45, 7) is 12.9. The Morgan fingerprint density at radius 3 is 2.32 bits per heavy atom.